The van der Waals surface area contributed by atoms with Crippen molar-refractivity contribution >= 4 is 11.9 Å². The van der Waals surface area contributed by atoms with E-state index in [1.807, 2.05) is 24.3 Å². The summed E-state index contributed by atoms with van der Waals surface area (Å²) < 4.78 is 5.48. The number of carboxylic acid groups (broad SMARTS) is 1. The number of benzene rings is 2. The molecule has 0 aliphatic carbocycles. The van der Waals surface area contributed by atoms with Crippen molar-refractivity contribution in [3.05, 3.63) is 65.2 Å². The van der Waals surface area contributed by atoms with Crippen LogP contribution in [0, 0.1) is 5.41 Å². The van der Waals surface area contributed by atoms with Gasteiger partial charge in [0, 0.05) is 5.56 Å². The van der Waals surface area contributed by atoms with E-state index in [4.69, 9.17) is 15.3 Å². The maximum absolute atomic E-state index is 10.8. The molecule has 120 valence electrons. The number of hydrogen-bond donors (Lipinski definition) is 2. The minimum atomic E-state index is -0.985. The zero-order valence-electron chi connectivity index (χ0n) is 13.6. The quantitative estimate of drug-likeness (QED) is 0.632. The summed E-state index contributed by atoms with van der Waals surface area (Å²) in [5, 5.41) is 16.9. The van der Waals surface area contributed by atoms with Gasteiger partial charge in [0.1, 0.15) is 5.75 Å². The number of aromatic carboxylic acids is 1. The second kappa shape index (κ2) is 6.65. The van der Waals surface area contributed by atoms with Crippen molar-refractivity contribution in [2.45, 2.75) is 32.6 Å². The Morgan fingerprint density at radius 3 is 2.04 bits per heavy atom. The molecule has 0 aliphatic heterocycles. The highest BCUT2D eigenvalue weighted by Crippen LogP contribution is 2.26. The molecule has 0 atom stereocenters. The number of rotatable bonds is 5. The lowest BCUT2D eigenvalue weighted by Crippen LogP contribution is -2.16. The van der Waals surface area contributed by atoms with Crippen LogP contribution in [0.25, 0.3) is 0 Å². The van der Waals surface area contributed by atoms with Crippen LogP contribution in [-0.4, -0.2) is 17.0 Å². The fourth-order valence-corrected chi connectivity index (χ4v) is 2.12. The SMILES string of the molecule is CCC(C)(C)c1ccc(C(=N)Oc2ccc(C(=O)O)cc2)cc1. The summed E-state index contributed by atoms with van der Waals surface area (Å²) in [6.45, 7) is 6.53. The van der Waals surface area contributed by atoms with Gasteiger partial charge in [0.2, 0.25) is 5.90 Å². The molecule has 0 aliphatic rings. The summed E-state index contributed by atoms with van der Waals surface area (Å²) in [5.74, 6) is -0.507. The zero-order chi connectivity index (χ0) is 17.0. The average molecular weight is 311 g/mol. The highest BCUT2D eigenvalue weighted by atomic mass is 16.5. The van der Waals surface area contributed by atoms with Crippen molar-refractivity contribution < 1.29 is 14.6 Å². The average Bonchev–Trinajstić information content (AvgIpc) is 2.55. The monoisotopic (exact) mass is 311 g/mol. The normalized spacial score (nSPS) is 11.1. The second-order valence-corrected chi connectivity index (χ2v) is 6.08. The van der Waals surface area contributed by atoms with E-state index in [0.29, 0.717) is 11.3 Å². The molecule has 0 saturated heterocycles. The van der Waals surface area contributed by atoms with Crippen LogP contribution in [0.3, 0.4) is 0 Å². The number of ether oxygens (including phenoxy) is 1. The third kappa shape index (κ3) is 3.97. The van der Waals surface area contributed by atoms with Crippen molar-refractivity contribution in [3.63, 3.8) is 0 Å². The van der Waals surface area contributed by atoms with Gasteiger partial charge in [-0.05, 0) is 53.8 Å². The van der Waals surface area contributed by atoms with Gasteiger partial charge in [0.25, 0.3) is 0 Å². The highest BCUT2D eigenvalue weighted by molar-refractivity contribution is 5.93. The molecule has 0 aromatic heterocycles. The fourth-order valence-electron chi connectivity index (χ4n) is 2.12. The lowest BCUT2D eigenvalue weighted by atomic mass is 9.82. The maximum atomic E-state index is 10.8. The summed E-state index contributed by atoms with van der Waals surface area (Å²) in [7, 11) is 0. The Balaban J connectivity index is 2.10. The lowest BCUT2D eigenvalue weighted by molar-refractivity contribution is 0.0697. The first-order valence-corrected chi connectivity index (χ1v) is 7.54. The van der Waals surface area contributed by atoms with E-state index in [1.54, 1.807) is 12.1 Å². The van der Waals surface area contributed by atoms with Crippen LogP contribution in [0.4, 0.5) is 0 Å². The van der Waals surface area contributed by atoms with Gasteiger partial charge in [0.05, 0.1) is 5.56 Å². The van der Waals surface area contributed by atoms with E-state index in [0.717, 1.165) is 6.42 Å². The Bertz CT molecular complexity index is 700. The topological polar surface area (TPSA) is 70.4 Å². The molecule has 0 amide bonds. The van der Waals surface area contributed by atoms with Crippen molar-refractivity contribution in [3.8, 4) is 5.75 Å². The first-order valence-electron chi connectivity index (χ1n) is 7.54. The standard InChI is InChI=1S/C19H21NO3/c1-4-19(2,3)15-9-5-13(6-10-15)17(20)23-16-11-7-14(8-12-16)18(21)22/h5-12,20H,4H2,1-3H3,(H,21,22). The Morgan fingerprint density at radius 1 is 1.04 bits per heavy atom. The molecule has 2 N–H and O–H groups in total. The molecule has 4 nitrogen and oxygen atoms in total. The molecule has 0 radical (unpaired) electrons. The van der Waals surface area contributed by atoms with Crippen molar-refractivity contribution in [2.24, 2.45) is 0 Å². The van der Waals surface area contributed by atoms with Crippen LogP contribution in [0.1, 0.15) is 48.7 Å². The van der Waals surface area contributed by atoms with Crippen LogP contribution < -0.4 is 4.74 Å². The predicted molar refractivity (Wildman–Crippen MR) is 90.6 cm³/mol. The third-order valence-corrected chi connectivity index (χ3v) is 4.13. The molecule has 0 bridgehead atoms. The minimum Gasteiger partial charge on any atom is -0.478 e. The third-order valence-electron chi connectivity index (χ3n) is 4.13. The number of carboxylic acids is 1. The molecule has 2 rings (SSSR count). The summed E-state index contributed by atoms with van der Waals surface area (Å²) >= 11 is 0. The first kappa shape index (κ1) is 16.7. The lowest BCUT2D eigenvalue weighted by Gasteiger charge is -2.23. The first-order chi connectivity index (χ1) is 10.8. The fraction of sp³-hybridized carbons (Fsp3) is 0.263. The van der Waals surface area contributed by atoms with Crippen LogP contribution in [-0.2, 0) is 5.41 Å². The molecule has 0 heterocycles. The number of hydrogen-bond acceptors (Lipinski definition) is 3. The van der Waals surface area contributed by atoms with Crippen molar-refractivity contribution in [2.75, 3.05) is 0 Å². The van der Waals surface area contributed by atoms with E-state index >= 15 is 0 Å². The van der Waals surface area contributed by atoms with Gasteiger partial charge in [-0.1, -0.05) is 32.9 Å². The van der Waals surface area contributed by atoms with E-state index in [9.17, 15) is 4.79 Å². The Hall–Kier alpha value is -2.62. The van der Waals surface area contributed by atoms with E-state index < -0.39 is 5.97 Å². The summed E-state index contributed by atoms with van der Waals surface area (Å²) in [4.78, 5) is 10.8. The summed E-state index contributed by atoms with van der Waals surface area (Å²) in [5.41, 5.74) is 2.20. The van der Waals surface area contributed by atoms with Gasteiger partial charge in [-0.25, -0.2) is 4.79 Å². The molecule has 0 saturated carbocycles. The Morgan fingerprint density at radius 2 is 1.57 bits per heavy atom. The Labute approximate surface area is 136 Å². The zero-order valence-corrected chi connectivity index (χ0v) is 13.6. The van der Waals surface area contributed by atoms with Crippen LogP contribution in [0.5, 0.6) is 5.75 Å². The van der Waals surface area contributed by atoms with Gasteiger partial charge in [0.15, 0.2) is 0 Å². The highest BCUT2D eigenvalue weighted by Gasteiger charge is 2.18. The largest absolute Gasteiger partial charge is 0.478 e. The minimum absolute atomic E-state index is 0.0360. The molecule has 23 heavy (non-hydrogen) atoms. The Kier molecular flexibility index (Phi) is 4.84. The molecule has 2 aromatic carbocycles. The van der Waals surface area contributed by atoms with Gasteiger partial charge in [-0.2, -0.15) is 0 Å². The summed E-state index contributed by atoms with van der Waals surface area (Å²) in [6, 6.07) is 13.8. The molecule has 0 unspecified atom stereocenters. The molecular formula is C19H21NO3. The van der Waals surface area contributed by atoms with Crippen LogP contribution >= 0.6 is 0 Å². The molecule has 4 heteroatoms. The van der Waals surface area contributed by atoms with Crippen LogP contribution in [0.15, 0.2) is 48.5 Å². The predicted octanol–water partition coefficient (Wildman–Crippen LogP) is 4.48. The van der Waals surface area contributed by atoms with Gasteiger partial charge >= 0.3 is 5.97 Å². The second-order valence-electron chi connectivity index (χ2n) is 6.08. The number of carbonyl (C=O) groups is 1. The van der Waals surface area contributed by atoms with E-state index in [1.165, 1.54) is 17.7 Å². The van der Waals surface area contributed by atoms with Crippen molar-refractivity contribution in [1.82, 2.24) is 0 Å². The van der Waals surface area contributed by atoms with E-state index in [-0.39, 0.29) is 16.9 Å². The molecule has 2 aromatic rings. The molecule has 0 spiro atoms. The van der Waals surface area contributed by atoms with Gasteiger partial charge in [-0.3, -0.25) is 5.41 Å². The molecular weight excluding hydrogens is 290 g/mol. The van der Waals surface area contributed by atoms with Crippen LogP contribution in [0.2, 0.25) is 0 Å². The maximum Gasteiger partial charge on any atom is 0.335 e. The van der Waals surface area contributed by atoms with Crippen molar-refractivity contribution in [1.29, 1.82) is 5.41 Å². The van der Waals surface area contributed by atoms with E-state index in [2.05, 4.69) is 20.8 Å². The molecule has 0 fully saturated rings. The number of nitrogens with one attached hydrogen (secondary N) is 1. The van der Waals surface area contributed by atoms with Gasteiger partial charge in [-0.15, -0.1) is 0 Å². The summed E-state index contributed by atoms with van der Waals surface area (Å²) in [6.07, 6.45) is 1.04. The van der Waals surface area contributed by atoms with Gasteiger partial charge < -0.3 is 9.84 Å². The smallest absolute Gasteiger partial charge is 0.335 e.